The summed E-state index contributed by atoms with van der Waals surface area (Å²) in [6, 6.07) is 8.40. The summed E-state index contributed by atoms with van der Waals surface area (Å²) in [4.78, 5) is 19.6. The Bertz CT molecular complexity index is 692. The van der Waals surface area contributed by atoms with Crippen LogP contribution in [0.1, 0.15) is 51.0 Å². The maximum absolute atomic E-state index is 12.8. The highest BCUT2D eigenvalue weighted by molar-refractivity contribution is 14.0. The van der Waals surface area contributed by atoms with Gasteiger partial charge in [0.15, 0.2) is 5.96 Å². The molecular formula is C23H37IN4O2. The Balaban J connectivity index is 0.00000320. The average Bonchev–Trinajstić information content (AvgIpc) is 3.22. The van der Waals surface area contributed by atoms with Gasteiger partial charge in [-0.2, -0.15) is 0 Å². The lowest BCUT2D eigenvalue weighted by Gasteiger charge is -2.26. The lowest BCUT2D eigenvalue weighted by atomic mass is 9.88. The van der Waals surface area contributed by atoms with E-state index in [2.05, 4.69) is 34.6 Å². The first-order chi connectivity index (χ1) is 14.2. The van der Waals surface area contributed by atoms with Gasteiger partial charge in [-0.3, -0.25) is 9.79 Å². The molecule has 1 aromatic rings. The first-order valence-corrected chi connectivity index (χ1v) is 11.2. The average molecular weight is 528 g/mol. The number of rotatable bonds is 7. The van der Waals surface area contributed by atoms with Crippen LogP contribution in [0.25, 0.3) is 0 Å². The fraction of sp³-hybridized carbons (Fsp3) is 0.652. The number of carbonyl (C=O) groups is 1. The molecule has 0 bridgehead atoms. The molecule has 1 unspecified atom stereocenters. The van der Waals surface area contributed by atoms with Crippen LogP contribution in [0, 0.1) is 5.92 Å². The van der Waals surface area contributed by atoms with Crippen molar-refractivity contribution >= 4 is 35.8 Å². The van der Waals surface area contributed by atoms with E-state index in [1.54, 1.807) is 7.11 Å². The van der Waals surface area contributed by atoms with Crippen molar-refractivity contribution in [3.05, 3.63) is 29.8 Å². The number of nitrogens with one attached hydrogen (secondary N) is 2. The SMILES string of the molecule is CCNC(=NCCc1cccc(OC)c1)NC1CCN(C(=O)C2CCCCC2)C1.I. The van der Waals surface area contributed by atoms with Gasteiger partial charge in [-0.15, -0.1) is 24.0 Å². The van der Waals surface area contributed by atoms with E-state index in [1.807, 2.05) is 12.1 Å². The topological polar surface area (TPSA) is 66.0 Å². The van der Waals surface area contributed by atoms with Crippen LogP contribution in [0.4, 0.5) is 0 Å². The van der Waals surface area contributed by atoms with Crippen LogP contribution in [0.3, 0.4) is 0 Å². The molecule has 3 rings (SSSR count). The van der Waals surface area contributed by atoms with Crippen LogP contribution < -0.4 is 15.4 Å². The van der Waals surface area contributed by atoms with Crippen LogP contribution >= 0.6 is 24.0 Å². The van der Waals surface area contributed by atoms with Crippen LogP contribution in [-0.4, -0.2) is 56.1 Å². The highest BCUT2D eigenvalue weighted by atomic mass is 127. The Hall–Kier alpha value is -1.51. The molecule has 168 valence electrons. The van der Waals surface area contributed by atoms with E-state index < -0.39 is 0 Å². The lowest BCUT2D eigenvalue weighted by molar-refractivity contribution is -0.135. The van der Waals surface area contributed by atoms with Crippen molar-refractivity contribution in [2.45, 2.75) is 57.9 Å². The highest BCUT2D eigenvalue weighted by Crippen LogP contribution is 2.26. The van der Waals surface area contributed by atoms with Crippen molar-refractivity contribution in [1.82, 2.24) is 15.5 Å². The van der Waals surface area contributed by atoms with Crippen LogP contribution in [0.15, 0.2) is 29.3 Å². The van der Waals surface area contributed by atoms with Crippen LogP contribution in [-0.2, 0) is 11.2 Å². The van der Waals surface area contributed by atoms with Gasteiger partial charge in [-0.25, -0.2) is 0 Å². The number of aliphatic imine (C=N–C) groups is 1. The predicted octanol–water partition coefficient (Wildman–Crippen LogP) is 3.59. The molecule has 6 nitrogen and oxygen atoms in total. The summed E-state index contributed by atoms with van der Waals surface area (Å²) < 4.78 is 5.29. The minimum absolute atomic E-state index is 0. The quantitative estimate of drug-likeness (QED) is 0.323. The van der Waals surface area contributed by atoms with E-state index in [-0.39, 0.29) is 35.9 Å². The number of hydrogen-bond acceptors (Lipinski definition) is 3. The number of nitrogens with zero attached hydrogens (tertiary/aromatic N) is 2. The molecule has 7 heteroatoms. The lowest BCUT2D eigenvalue weighted by Crippen LogP contribution is -2.45. The van der Waals surface area contributed by atoms with Gasteiger partial charge in [-0.1, -0.05) is 31.4 Å². The van der Waals surface area contributed by atoms with Crippen LogP contribution in [0.2, 0.25) is 0 Å². The van der Waals surface area contributed by atoms with Crippen molar-refractivity contribution in [3.8, 4) is 5.75 Å². The number of benzene rings is 1. The standard InChI is InChI=1S/C23H36N4O2.HI/c1-3-24-23(25-14-12-18-8-7-11-21(16-18)29-2)26-20-13-15-27(17-20)22(28)19-9-5-4-6-10-19;/h7-8,11,16,19-20H,3-6,9-10,12-15,17H2,1-2H3,(H2,24,25,26);1H. The fourth-order valence-corrected chi connectivity index (χ4v) is 4.32. The number of guanidine groups is 1. The van der Waals surface area contributed by atoms with Gasteiger partial charge < -0.3 is 20.3 Å². The summed E-state index contributed by atoms with van der Waals surface area (Å²) in [7, 11) is 1.69. The Morgan fingerprint density at radius 2 is 2.03 bits per heavy atom. The maximum Gasteiger partial charge on any atom is 0.225 e. The second-order valence-corrected chi connectivity index (χ2v) is 8.11. The van der Waals surface area contributed by atoms with Crippen molar-refractivity contribution in [2.75, 3.05) is 33.3 Å². The highest BCUT2D eigenvalue weighted by Gasteiger charge is 2.31. The molecule has 2 fully saturated rings. The summed E-state index contributed by atoms with van der Waals surface area (Å²) in [5.74, 6) is 2.35. The molecule has 1 amide bonds. The van der Waals surface area contributed by atoms with E-state index in [1.165, 1.54) is 24.8 Å². The zero-order chi connectivity index (χ0) is 20.5. The monoisotopic (exact) mass is 528 g/mol. The fourth-order valence-electron chi connectivity index (χ4n) is 4.32. The molecule has 1 saturated carbocycles. The molecule has 30 heavy (non-hydrogen) atoms. The Morgan fingerprint density at radius 1 is 1.23 bits per heavy atom. The van der Waals surface area contributed by atoms with E-state index in [4.69, 9.17) is 9.73 Å². The van der Waals surface area contributed by atoms with Crippen molar-refractivity contribution in [2.24, 2.45) is 10.9 Å². The largest absolute Gasteiger partial charge is 0.497 e. The summed E-state index contributed by atoms with van der Waals surface area (Å²) in [5, 5.41) is 6.87. The second-order valence-electron chi connectivity index (χ2n) is 8.11. The Kier molecular flexibility index (Phi) is 10.7. The molecule has 1 atom stereocenters. The zero-order valence-electron chi connectivity index (χ0n) is 18.4. The van der Waals surface area contributed by atoms with Crippen molar-refractivity contribution in [1.29, 1.82) is 0 Å². The van der Waals surface area contributed by atoms with E-state index in [0.29, 0.717) is 12.5 Å². The van der Waals surface area contributed by atoms with Crippen LogP contribution in [0.5, 0.6) is 5.75 Å². The summed E-state index contributed by atoms with van der Waals surface area (Å²) in [6.45, 7) is 5.25. The minimum Gasteiger partial charge on any atom is -0.497 e. The smallest absolute Gasteiger partial charge is 0.225 e. The second kappa shape index (κ2) is 13.0. The summed E-state index contributed by atoms with van der Waals surface area (Å²) in [5.41, 5.74) is 1.22. The molecule has 0 radical (unpaired) electrons. The third-order valence-corrected chi connectivity index (χ3v) is 5.94. The van der Waals surface area contributed by atoms with Gasteiger partial charge in [0.25, 0.3) is 0 Å². The van der Waals surface area contributed by atoms with Gasteiger partial charge in [-0.05, 0) is 50.3 Å². The number of hydrogen-bond donors (Lipinski definition) is 2. The van der Waals surface area contributed by atoms with Gasteiger partial charge in [0.2, 0.25) is 5.91 Å². The molecule has 0 spiro atoms. The third-order valence-electron chi connectivity index (χ3n) is 5.94. The number of halogens is 1. The molecular weight excluding hydrogens is 491 g/mol. The first kappa shape index (κ1) is 24.8. The van der Waals surface area contributed by atoms with E-state index in [0.717, 1.165) is 57.0 Å². The molecule has 0 aromatic heterocycles. The molecule has 1 saturated heterocycles. The molecule has 1 aliphatic carbocycles. The summed E-state index contributed by atoms with van der Waals surface area (Å²) in [6.07, 6.45) is 7.69. The number of methoxy groups -OCH3 is 1. The van der Waals surface area contributed by atoms with E-state index in [9.17, 15) is 4.79 Å². The molecule has 1 aromatic carbocycles. The van der Waals surface area contributed by atoms with Gasteiger partial charge >= 0.3 is 0 Å². The predicted molar refractivity (Wildman–Crippen MR) is 133 cm³/mol. The molecule has 2 aliphatic rings. The van der Waals surface area contributed by atoms with Crippen molar-refractivity contribution < 1.29 is 9.53 Å². The third kappa shape index (κ3) is 7.32. The van der Waals surface area contributed by atoms with Gasteiger partial charge in [0.1, 0.15) is 5.75 Å². The molecule has 2 N–H and O–H groups in total. The maximum atomic E-state index is 12.8. The Morgan fingerprint density at radius 3 is 2.77 bits per heavy atom. The first-order valence-electron chi connectivity index (χ1n) is 11.2. The van der Waals surface area contributed by atoms with Crippen molar-refractivity contribution in [3.63, 3.8) is 0 Å². The Labute approximate surface area is 198 Å². The van der Waals surface area contributed by atoms with E-state index >= 15 is 0 Å². The number of carbonyl (C=O) groups excluding carboxylic acids is 1. The minimum atomic E-state index is 0. The number of likely N-dealkylation sites (tertiary alicyclic amines) is 1. The molecule has 1 aliphatic heterocycles. The number of ether oxygens (including phenoxy) is 1. The zero-order valence-corrected chi connectivity index (χ0v) is 20.7. The normalized spacial score (nSPS) is 19.9. The summed E-state index contributed by atoms with van der Waals surface area (Å²) >= 11 is 0. The number of amides is 1. The molecule has 1 heterocycles. The van der Waals surface area contributed by atoms with Gasteiger partial charge in [0, 0.05) is 38.1 Å². The van der Waals surface area contributed by atoms with Gasteiger partial charge in [0.05, 0.1) is 7.11 Å².